The van der Waals surface area contributed by atoms with E-state index in [1.165, 1.54) is 0 Å². The van der Waals surface area contributed by atoms with Crippen LogP contribution >= 0.6 is 0 Å². The molecule has 0 spiro atoms. The van der Waals surface area contributed by atoms with Crippen molar-refractivity contribution in [2.75, 3.05) is 0 Å². The van der Waals surface area contributed by atoms with Crippen LogP contribution in [0.15, 0.2) is 24.3 Å². The molecule has 16 heavy (non-hydrogen) atoms. The van der Waals surface area contributed by atoms with Gasteiger partial charge in [0.25, 0.3) is 0 Å². The summed E-state index contributed by atoms with van der Waals surface area (Å²) in [6.45, 7) is 8.47. The normalized spacial score (nSPS) is 11.8. The van der Waals surface area contributed by atoms with Crippen molar-refractivity contribution in [3.05, 3.63) is 35.7 Å². The Labute approximate surface area is 95.9 Å². The summed E-state index contributed by atoms with van der Waals surface area (Å²) in [5.74, 6) is 0. The Kier molecular flexibility index (Phi) is 2.54. The number of aromatic nitrogens is 3. The highest BCUT2D eigenvalue weighted by Gasteiger charge is 2.17. The molecule has 0 aliphatic heterocycles. The lowest BCUT2D eigenvalue weighted by atomic mass is 9.92. The molecule has 0 unspecified atom stereocenters. The van der Waals surface area contributed by atoms with Crippen LogP contribution in [0.4, 0.5) is 0 Å². The maximum absolute atomic E-state index is 4.46. The van der Waals surface area contributed by atoms with Crippen LogP contribution in [0.25, 0.3) is 11.4 Å². The van der Waals surface area contributed by atoms with Gasteiger partial charge < -0.3 is 0 Å². The van der Waals surface area contributed by atoms with Gasteiger partial charge in [-0.25, -0.2) is 0 Å². The van der Waals surface area contributed by atoms with Gasteiger partial charge in [0.15, 0.2) is 0 Å². The highest BCUT2D eigenvalue weighted by molar-refractivity contribution is 5.54. The molecule has 0 aromatic carbocycles. The van der Waals surface area contributed by atoms with Crippen molar-refractivity contribution in [1.29, 1.82) is 0 Å². The van der Waals surface area contributed by atoms with Crippen LogP contribution in [0.3, 0.4) is 0 Å². The molecular weight excluding hydrogens is 198 g/mol. The molecule has 2 aromatic heterocycles. The van der Waals surface area contributed by atoms with Crippen LogP contribution in [0.5, 0.6) is 0 Å². The van der Waals surface area contributed by atoms with E-state index in [9.17, 15) is 0 Å². The maximum Gasteiger partial charge on any atom is 0.111 e. The van der Waals surface area contributed by atoms with E-state index in [1.807, 2.05) is 25.1 Å². The number of pyridine rings is 1. The van der Waals surface area contributed by atoms with Gasteiger partial charge in [-0.05, 0) is 25.1 Å². The fourth-order valence-electron chi connectivity index (χ4n) is 1.52. The lowest BCUT2D eigenvalue weighted by Gasteiger charge is -2.14. The second kappa shape index (κ2) is 3.74. The molecule has 2 rings (SSSR count). The van der Waals surface area contributed by atoms with Crippen molar-refractivity contribution < 1.29 is 0 Å². The third-order valence-corrected chi connectivity index (χ3v) is 2.54. The second-order valence-corrected chi connectivity index (χ2v) is 5.08. The summed E-state index contributed by atoms with van der Waals surface area (Å²) in [5, 5.41) is 7.38. The Balaban J connectivity index is 2.39. The van der Waals surface area contributed by atoms with Crippen LogP contribution in [-0.2, 0) is 5.41 Å². The number of hydrogen-bond acceptors (Lipinski definition) is 2. The van der Waals surface area contributed by atoms with E-state index in [-0.39, 0.29) is 5.41 Å². The lowest BCUT2D eigenvalue weighted by molar-refractivity contribution is 0.567. The Hall–Kier alpha value is -1.64. The van der Waals surface area contributed by atoms with Crippen molar-refractivity contribution in [3.63, 3.8) is 0 Å². The van der Waals surface area contributed by atoms with Crippen LogP contribution in [0, 0.1) is 6.92 Å². The molecule has 2 heterocycles. The molecule has 3 heteroatoms. The molecule has 3 nitrogen and oxygen atoms in total. The van der Waals surface area contributed by atoms with Gasteiger partial charge in [0, 0.05) is 16.8 Å². The fourth-order valence-corrected chi connectivity index (χ4v) is 1.52. The monoisotopic (exact) mass is 215 g/mol. The SMILES string of the molecule is Cc1cccc(-c2cc(C(C)(C)C)[nH]n2)n1. The van der Waals surface area contributed by atoms with Crippen molar-refractivity contribution in [2.45, 2.75) is 33.1 Å². The molecule has 84 valence electrons. The van der Waals surface area contributed by atoms with E-state index >= 15 is 0 Å². The average Bonchev–Trinajstić information content (AvgIpc) is 2.65. The first kappa shape index (κ1) is 10.9. The number of aryl methyl sites for hydroxylation is 1. The number of rotatable bonds is 1. The second-order valence-electron chi connectivity index (χ2n) is 5.08. The minimum atomic E-state index is 0.0923. The van der Waals surface area contributed by atoms with Gasteiger partial charge >= 0.3 is 0 Å². The largest absolute Gasteiger partial charge is 0.281 e. The van der Waals surface area contributed by atoms with Gasteiger partial charge in [-0.1, -0.05) is 26.8 Å². The van der Waals surface area contributed by atoms with Gasteiger partial charge in [-0.15, -0.1) is 0 Å². The standard InChI is InChI=1S/C13H17N3/c1-9-6-5-7-10(14-9)11-8-12(16-15-11)13(2,3)4/h5-8H,1-4H3,(H,15,16). The third kappa shape index (κ3) is 2.13. The van der Waals surface area contributed by atoms with Crippen LogP contribution in [0.2, 0.25) is 0 Å². The lowest BCUT2D eigenvalue weighted by Crippen LogP contribution is -2.11. The smallest absolute Gasteiger partial charge is 0.111 e. The highest BCUT2D eigenvalue weighted by atomic mass is 15.1. The molecular formula is C13H17N3. The predicted octanol–water partition coefficient (Wildman–Crippen LogP) is 3.08. The molecule has 1 N–H and O–H groups in total. The molecule has 2 aromatic rings. The predicted molar refractivity (Wildman–Crippen MR) is 65.3 cm³/mol. The van der Waals surface area contributed by atoms with Crippen molar-refractivity contribution in [1.82, 2.24) is 15.2 Å². The summed E-state index contributed by atoms with van der Waals surface area (Å²) in [6, 6.07) is 8.04. The summed E-state index contributed by atoms with van der Waals surface area (Å²) in [4.78, 5) is 4.46. The van der Waals surface area contributed by atoms with E-state index in [0.29, 0.717) is 0 Å². The summed E-state index contributed by atoms with van der Waals surface area (Å²) >= 11 is 0. The van der Waals surface area contributed by atoms with Gasteiger partial charge in [0.1, 0.15) is 5.69 Å². The van der Waals surface area contributed by atoms with E-state index in [1.54, 1.807) is 0 Å². The molecule has 0 saturated carbocycles. The third-order valence-electron chi connectivity index (χ3n) is 2.54. The molecule has 0 radical (unpaired) electrons. The topological polar surface area (TPSA) is 41.6 Å². The number of H-pyrrole nitrogens is 1. The van der Waals surface area contributed by atoms with Crippen molar-refractivity contribution in [3.8, 4) is 11.4 Å². The van der Waals surface area contributed by atoms with Gasteiger partial charge in [0.05, 0.1) is 5.69 Å². The van der Waals surface area contributed by atoms with E-state index in [4.69, 9.17) is 0 Å². The zero-order valence-corrected chi connectivity index (χ0v) is 10.2. The maximum atomic E-state index is 4.46. The van der Waals surface area contributed by atoms with Crippen molar-refractivity contribution >= 4 is 0 Å². The minimum absolute atomic E-state index is 0.0923. The Morgan fingerprint density at radius 1 is 1.12 bits per heavy atom. The summed E-state index contributed by atoms with van der Waals surface area (Å²) in [6.07, 6.45) is 0. The zero-order valence-electron chi connectivity index (χ0n) is 10.2. The Morgan fingerprint density at radius 2 is 1.88 bits per heavy atom. The Morgan fingerprint density at radius 3 is 2.44 bits per heavy atom. The number of hydrogen-bond donors (Lipinski definition) is 1. The Bertz CT molecular complexity index is 492. The minimum Gasteiger partial charge on any atom is -0.281 e. The molecule has 0 bridgehead atoms. The van der Waals surface area contributed by atoms with Crippen LogP contribution < -0.4 is 0 Å². The van der Waals surface area contributed by atoms with Crippen LogP contribution in [0.1, 0.15) is 32.2 Å². The van der Waals surface area contributed by atoms with E-state index in [2.05, 4.69) is 42.0 Å². The van der Waals surface area contributed by atoms with Gasteiger partial charge in [-0.2, -0.15) is 5.10 Å². The fraction of sp³-hybridized carbons (Fsp3) is 0.385. The van der Waals surface area contributed by atoms with Gasteiger partial charge in [0.2, 0.25) is 0 Å². The molecule has 0 aliphatic carbocycles. The molecule has 0 aliphatic rings. The first-order valence-corrected chi connectivity index (χ1v) is 5.47. The summed E-state index contributed by atoms with van der Waals surface area (Å²) in [7, 11) is 0. The quantitative estimate of drug-likeness (QED) is 0.794. The number of nitrogens with zero attached hydrogens (tertiary/aromatic N) is 2. The van der Waals surface area contributed by atoms with E-state index in [0.717, 1.165) is 22.8 Å². The van der Waals surface area contributed by atoms with E-state index < -0.39 is 0 Å². The number of aromatic amines is 1. The molecule has 0 saturated heterocycles. The summed E-state index contributed by atoms with van der Waals surface area (Å²) < 4.78 is 0. The summed E-state index contributed by atoms with van der Waals surface area (Å²) in [5.41, 5.74) is 4.07. The molecule has 0 amide bonds. The first-order chi connectivity index (χ1) is 7.47. The first-order valence-electron chi connectivity index (χ1n) is 5.47. The zero-order chi connectivity index (χ0) is 11.8. The van der Waals surface area contributed by atoms with Crippen LogP contribution in [-0.4, -0.2) is 15.2 Å². The highest BCUT2D eigenvalue weighted by Crippen LogP contribution is 2.24. The van der Waals surface area contributed by atoms with Crippen molar-refractivity contribution in [2.24, 2.45) is 0 Å². The van der Waals surface area contributed by atoms with Gasteiger partial charge in [-0.3, -0.25) is 10.1 Å². The molecule has 0 atom stereocenters. The number of nitrogens with one attached hydrogen (secondary N) is 1. The molecule has 0 fully saturated rings. The average molecular weight is 215 g/mol.